The Morgan fingerprint density at radius 1 is 0.329 bits per heavy atom. The summed E-state index contributed by atoms with van der Waals surface area (Å²) in [7, 11) is 1.76. The second kappa shape index (κ2) is 17.1. The molecule has 0 unspecified atom stereocenters. The zero-order valence-electron chi connectivity index (χ0n) is 38.3. The molecule has 5 heteroatoms. The van der Waals surface area contributed by atoms with Crippen LogP contribution in [-0.2, 0) is 0 Å². The lowest BCUT2D eigenvalue weighted by atomic mass is 9.90. The van der Waals surface area contributed by atoms with E-state index in [0.29, 0.717) is 0 Å². The van der Waals surface area contributed by atoms with E-state index in [9.17, 15) is 0 Å². The molecule has 0 fully saturated rings. The number of para-hydroxylation sites is 3. The number of fused-ring (bicyclic) bond motifs is 5. The Bertz CT molecular complexity index is 3870. The summed E-state index contributed by atoms with van der Waals surface area (Å²) in [4.78, 5) is 4.61. The number of hydrogen-bond donors (Lipinski definition) is 0. The average Bonchev–Trinajstić information content (AvgIpc) is 3.80. The number of ether oxygens (including phenoxy) is 2. The van der Waals surface area contributed by atoms with Crippen molar-refractivity contribution in [3.05, 3.63) is 249 Å². The fraction of sp³-hybridized carbons (Fsp3) is 0.0154. The first-order chi connectivity index (χ1) is 34.7. The van der Waals surface area contributed by atoms with Gasteiger partial charge in [-0.1, -0.05) is 140 Å². The van der Waals surface area contributed by atoms with E-state index in [4.69, 9.17) is 13.9 Å². The highest BCUT2D eigenvalue weighted by Crippen LogP contribution is 2.52. The lowest BCUT2D eigenvalue weighted by molar-refractivity contribution is 0.416. The van der Waals surface area contributed by atoms with E-state index >= 15 is 0 Å². The maximum absolute atomic E-state index is 6.87. The summed E-state index contributed by atoms with van der Waals surface area (Å²) in [6, 6.07) is 87.6. The Balaban J connectivity index is 0.946. The quantitative estimate of drug-likeness (QED) is 0.137. The van der Waals surface area contributed by atoms with Crippen LogP contribution in [0.2, 0.25) is 0 Å². The minimum atomic E-state index is 0.754. The van der Waals surface area contributed by atoms with Crippen molar-refractivity contribution in [1.29, 1.82) is 0 Å². The van der Waals surface area contributed by atoms with Gasteiger partial charge in [-0.25, -0.2) is 0 Å². The van der Waals surface area contributed by atoms with Gasteiger partial charge in [0.15, 0.2) is 0 Å². The first kappa shape index (κ1) is 40.9. The van der Waals surface area contributed by atoms with Crippen LogP contribution in [0.15, 0.2) is 253 Å². The van der Waals surface area contributed by atoms with Gasteiger partial charge in [-0.15, -0.1) is 0 Å². The van der Waals surface area contributed by atoms with E-state index in [1.54, 1.807) is 7.11 Å². The Morgan fingerprint density at radius 3 is 1.67 bits per heavy atom. The van der Waals surface area contributed by atoms with Gasteiger partial charge in [-0.2, -0.15) is 0 Å². The van der Waals surface area contributed by atoms with Gasteiger partial charge in [0.25, 0.3) is 0 Å². The summed E-state index contributed by atoms with van der Waals surface area (Å²) in [5, 5.41) is 4.29. The number of furan rings is 1. The van der Waals surface area contributed by atoms with Gasteiger partial charge in [0.1, 0.15) is 28.4 Å². The number of anilines is 6. The minimum Gasteiger partial charge on any atom is -0.496 e. The molecule has 1 aromatic heterocycles. The highest BCUT2D eigenvalue weighted by atomic mass is 16.5. The number of nitrogens with zero attached hydrogens (tertiary/aromatic N) is 2. The smallest absolute Gasteiger partial charge is 0.137 e. The van der Waals surface area contributed by atoms with Crippen molar-refractivity contribution in [3.63, 3.8) is 0 Å². The molecule has 11 aromatic carbocycles. The molecule has 5 nitrogen and oxygen atoms in total. The summed E-state index contributed by atoms with van der Waals surface area (Å²) in [5.74, 6) is 2.39. The fourth-order valence-corrected chi connectivity index (χ4v) is 10.3. The molecule has 13 rings (SSSR count). The Morgan fingerprint density at radius 2 is 0.929 bits per heavy atom. The molecule has 0 atom stereocenters. The Kier molecular flexibility index (Phi) is 9.98. The van der Waals surface area contributed by atoms with Crippen molar-refractivity contribution >= 4 is 66.8 Å². The predicted molar refractivity (Wildman–Crippen MR) is 289 cm³/mol. The zero-order chi connectivity index (χ0) is 46.5. The van der Waals surface area contributed by atoms with Crippen LogP contribution >= 0.6 is 0 Å². The van der Waals surface area contributed by atoms with Crippen LogP contribution < -0.4 is 19.3 Å². The van der Waals surface area contributed by atoms with Gasteiger partial charge in [0.2, 0.25) is 0 Å². The Hall–Kier alpha value is -9.32. The molecule has 2 heterocycles. The summed E-state index contributed by atoms with van der Waals surface area (Å²) >= 11 is 0. The number of methoxy groups -OCH3 is 1. The molecule has 0 spiro atoms. The molecule has 0 radical (unpaired) electrons. The SMILES string of the molecule is COc1cc(N(c2ccc3oc4ccccc4c3c2)c2ccc(-c3ccccc3)cc2-c2ccccc2)ccc1-c1ccc2c3c(cccc13)-c1ccc(N(c3ccccc3)c3ccccc3)cc1O2. The first-order valence-electron chi connectivity index (χ1n) is 23.6. The van der Waals surface area contributed by atoms with Crippen molar-refractivity contribution in [3.8, 4) is 61.8 Å². The zero-order valence-corrected chi connectivity index (χ0v) is 38.3. The van der Waals surface area contributed by atoms with Gasteiger partial charge in [0, 0.05) is 73.4 Å². The third-order valence-electron chi connectivity index (χ3n) is 13.5. The average molecular weight is 901 g/mol. The maximum atomic E-state index is 6.87. The first-order valence-corrected chi connectivity index (χ1v) is 23.6. The van der Waals surface area contributed by atoms with Crippen molar-refractivity contribution < 1.29 is 13.9 Å². The van der Waals surface area contributed by atoms with Crippen LogP contribution in [0.1, 0.15) is 0 Å². The van der Waals surface area contributed by atoms with Crippen LogP contribution in [0.25, 0.3) is 77.2 Å². The molecular formula is C65H44N2O3. The molecule has 0 amide bonds. The standard InChI is InChI=1S/C65H44N2O3/c1-68-63-41-50(67(48-32-37-61-58(40-48)52-25-14-15-28-60(52)69-61)59-36-29-45(43-17-6-2-7-18-43)39-57(59)44-19-8-3-9-20-44)31-33-53(63)51-35-38-62-65-55(51)26-16-27-56(65)54-34-30-49(42-64(54)70-62)66(46-21-10-4-11-22-46)47-23-12-5-13-24-47/h2-42H,1H3. The van der Waals surface area contributed by atoms with E-state index in [-0.39, 0.29) is 0 Å². The van der Waals surface area contributed by atoms with Gasteiger partial charge in [-0.05, 0) is 130 Å². The molecule has 1 aliphatic rings. The number of benzene rings is 11. The predicted octanol–water partition coefficient (Wildman–Crippen LogP) is 18.5. The summed E-state index contributed by atoms with van der Waals surface area (Å²) in [5.41, 5.74) is 16.6. The monoisotopic (exact) mass is 900 g/mol. The van der Waals surface area contributed by atoms with Crippen LogP contribution in [0.3, 0.4) is 0 Å². The second-order valence-corrected chi connectivity index (χ2v) is 17.6. The molecule has 0 saturated heterocycles. The van der Waals surface area contributed by atoms with Gasteiger partial charge >= 0.3 is 0 Å². The third kappa shape index (κ3) is 7.03. The summed E-state index contributed by atoms with van der Waals surface area (Å²) < 4.78 is 19.6. The molecular weight excluding hydrogens is 857 g/mol. The minimum absolute atomic E-state index is 0.754. The van der Waals surface area contributed by atoms with Gasteiger partial charge in [-0.3, -0.25) is 0 Å². The van der Waals surface area contributed by atoms with E-state index in [1.807, 2.05) is 24.3 Å². The number of rotatable bonds is 10. The molecule has 12 aromatic rings. The maximum Gasteiger partial charge on any atom is 0.137 e. The molecule has 70 heavy (non-hydrogen) atoms. The lowest BCUT2D eigenvalue weighted by Gasteiger charge is -2.29. The molecule has 0 saturated carbocycles. The Labute approximate surface area is 406 Å². The molecule has 0 N–H and O–H groups in total. The van der Waals surface area contributed by atoms with Crippen LogP contribution in [0.5, 0.6) is 17.2 Å². The topological polar surface area (TPSA) is 38.1 Å². The van der Waals surface area contributed by atoms with Crippen molar-refractivity contribution in [2.45, 2.75) is 0 Å². The van der Waals surface area contributed by atoms with Crippen LogP contribution in [-0.4, -0.2) is 7.11 Å². The summed E-state index contributed by atoms with van der Waals surface area (Å²) in [6.07, 6.45) is 0. The lowest BCUT2D eigenvalue weighted by Crippen LogP contribution is -2.12. The fourth-order valence-electron chi connectivity index (χ4n) is 10.3. The largest absolute Gasteiger partial charge is 0.496 e. The molecule has 1 aliphatic heterocycles. The van der Waals surface area contributed by atoms with E-state index in [0.717, 1.165) is 129 Å². The van der Waals surface area contributed by atoms with Gasteiger partial charge < -0.3 is 23.7 Å². The van der Waals surface area contributed by atoms with E-state index in [2.05, 4.69) is 234 Å². The summed E-state index contributed by atoms with van der Waals surface area (Å²) in [6.45, 7) is 0. The molecule has 0 aliphatic carbocycles. The van der Waals surface area contributed by atoms with Crippen molar-refractivity contribution in [2.24, 2.45) is 0 Å². The second-order valence-electron chi connectivity index (χ2n) is 17.6. The van der Waals surface area contributed by atoms with Crippen molar-refractivity contribution in [2.75, 3.05) is 16.9 Å². The molecule has 0 bridgehead atoms. The van der Waals surface area contributed by atoms with Crippen molar-refractivity contribution in [1.82, 2.24) is 0 Å². The normalized spacial score (nSPS) is 11.6. The highest BCUT2D eigenvalue weighted by molar-refractivity contribution is 6.11. The third-order valence-corrected chi connectivity index (χ3v) is 13.5. The van der Waals surface area contributed by atoms with Crippen LogP contribution in [0, 0.1) is 0 Å². The van der Waals surface area contributed by atoms with E-state index in [1.165, 1.54) is 0 Å². The van der Waals surface area contributed by atoms with Crippen LogP contribution in [0.4, 0.5) is 34.1 Å². The van der Waals surface area contributed by atoms with E-state index < -0.39 is 0 Å². The van der Waals surface area contributed by atoms with Gasteiger partial charge in [0.05, 0.1) is 12.8 Å². The number of hydrogen-bond acceptors (Lipinski definition) is 5. The highest BCUT2D eigenvalue weighted by Gasteiger charge is 2.26. The molecule has 332 valence electrons.